The van der Waals surface area contributed by atoms with Crippen LogP contribution in [0.1, 0.15) is 21.6 Å². The number of rotatable bonds is 0. The van der Waals surface area contributed by atoms with Crippen LogP contribution in [0.5, 0.6) is 0 Å². The van der Waals surface area contributed by atoms with Crippen LogP contribution >= 0.6 is 0 Å². The summed E-state index contributed by atoms with van der Waals surface area (Å²) in [7, 11) is 0. The number of benzene rings is 1. The van der Waals surface area contributed by atoms with Gasteiger partial charge in [0.05, 0.1) is 23.8 Å². The van der Waals surface area contributed by atoms with Crippen LogP contribution in [0, 0.1) is 11.3 Å². The molecule has 3 rings (SSSR count). The lowest BCUT2D eigenvalue weighted by Gasteiger charge is -2.15. The summed E-state index contributed by atoms with van der Waals surface area (Å²) in [6, 6.07) is 9.22. The molecular formula is C13H8N2O2. The van der Waals surface area contributed by atoms with Crippen LogP contribution in [0.4, 0.5) is 0 Å². The van der Waals surface area contributed by atoms with Crippen molar-refractivity contribution >= 4 is 16.9 Å². The molecular weight excluding hydrogens is 216 g/mol. The number of carbonyl (C=O) groups excluding carboxylic acids is 1. The molecule has 17 heavy (non-hydrogen) atoms. The van der Waals surface area contributed by atoms with Gasteiger partial charge in [0.25, 0.3) is 0 Å². The van der Waals surface area contributed by atoms with E-state index in [0.717, 1.165) is 10.9 Å². The van der Waals surface area contributed by atoms with Gasteiger partial charge in [-0.05, 0) is 29.8 Å². The van der Waals surface area contributed by atoms with E-state index in [1.54, 1.807) is 18.2 Å². The molecule has 0 spiro atoms. The first-order chi connectivity index (χ1) is 8.28. The average Bonchev–Trinajstić information content (AvgIpc) is 2.36. The fourth-order valence-corrected chi connectivity index (χ4v) is 1.98. The van der Waals surface area contributed by atoms with Crippen LogP contribution < -0.4 is 0 Å². The van der Waals surface area contributed by atoms with Crippen molar-refractivity contribution in [2.45, 2.75) is 6.42 Å². The summed E-state index contributed by atoms with van der Waals surface area (Å²) in [5.74, 6) is -0.363. The van der Waals surface area contributed by atoms with E-state index in [-0.39, 0.29) is 5.97 Å². The van der Waals surface area contributed by atoms with Gasteiger partial charge in [0, 0.05) is 11.8 Å². The Hall–Kier alpha value is -2.41. The van der Waals surface area contributed by atoms with Gasteiger partial charge >= 0.3 is 5.97 Å². The summed E-state index contributed by atoms with van der Waals surface area (Å²) in [4.78, 5) is 15.8. The lowest BCUT2D eigenvalue weighted by Crippen LogP contribution is -2.19. The van der Waals surface area contributed by atoms with Crippen LogP contribution in [0.2, 0.25) is 0 Å². The SMILES string of the molecule is N#Cc1ccc2nc3c(cc2c1)CCOC3=O. The third-order valence-corrected chi connectivity index (χ3v) is 2.82. The van der Waals surface area contributed by atoms with Crippen molar-refractivity contribution < 1.29 is 9.53 Å². The number of nitrogens with zero attached hydrogens (tertiary/aromatic N) is 2. The predicted molar refractivity (Wildman–Crippen MR) is 60.4 cm³/mol. The Bertz CT molecular complexity index is 671. The van der Waals surface area contributed by atoms with Crippen molar-refractivity contribution in [3.8, 4) is 6.07 Å². The maximum absolute atomic E-state index is 11.5. The number of esters is 1. The zero-order chi connectivity index (χ0) is 11.8. The monoisotopic (exact) mass is 224 g/mol. The van der Waals surface area contributed by atoms with Gasteiger partial charge in [-0.2, -0.15) is 5.26 Å². The summed E-state index contributed by atoms with van der Waals surface area (Å²) >= 11 is 0. The maximum atomic E-state index is 11.5. The molecule has 1 aliphatic rings. The molecule has 0 aliphatic carbocycles. The highest BCUT2D eigenvalue weighted by atomic mass is 16.5. The molecule has 82 valence electrons. The number of hydrogen-bond acceptors (Lipinski definition) is 4. The molecule has 2 heterocycles. The van der Waals surface area contributed by atoms with Crippen molar-refractivity contribution in [3.05, 3.63) is 41.1 Å². The molecule has 1 aromatic carbocycles. The highest BCUT2D eigenvalue weighted by Crippen LogP contribution is 2.21. The molecule has 0 N–H and O–H groups in total. The average molecular weight is 224 g/mol. The topological polar surface area (TPSA) is 63.0 Å². The van der Waals surface area contributed by atoms with Gasteiger partial charge in [-0.1, -0.05) is 0 Å². The fourth-order valence-electron chi connectivity index (χ4n) is 1.98. The van der Waals surface area contributed by atoms with E-state index >= 15 is 0 Å². The predicted octanol–water partition coefficient (Wildman–Crippen LogP) is 1.82. The number of pyridine rings is 1. The number of cyclic esters (lactones) is 1. The second kappa shape index (κ2) is 3.56. The second-order valence-electron chi connectivity index (χ2n) is 3.90. The molecule has 0 fully saturated rings. The molecule has 4 nitrogen and oxygen atoms in total. The molecule has 0 atom stereocenters. The van der Waals surface area contributed by atoms with Crippen LogP contribution in [0.3, 0.4) is 0 Å². The summed E-state index contributed by atoms with van der Waals surface area (Å²) < 4.78 is 4.94. The van der Waals surface area contributed by atoms with E-state index in [4.69, 9.17) is 10.00 Å². The third kappa shape index (κ3) is 1.53. The lowest BCUT2D eigenvalue weighted by molar-refractivity contribution is 0.0472. The van der Waals surface area contributed by atoms with Gasteiger partial charge in [0.2, 0.25) is 0 Å². The first kappa shape index (κ1) is 9.79. The van der Waals surface area contributed by atoms with Crippen molar-refractivity contribution in [1.82, 2.24) is 4.98 Å². The normalized spacial score (nSPS) is 13.9. The molecule has 0 saturated carbocycles. The van der Waals surface area contributed by atoms with Gasteiger partial charge in [0.1, 0.15) is 0 Å². The maximum Gasteiger partial charge on any atom is 0.357 e. The number of ether oxygens (including phenoxy) is 1. The highest BCUT2D eigenvalue weighted by Gasteiger charge is 2.20. The number of hydrogen-bond donors (Lipinski definition) is 0. The van der Waals surface area contributed by atoms with E-state index in [0.29, 0.717) is 29.8 Å². The first-order valence-corrected chi connectivity index (χ1v) is 5.29. The largest absolute Gasteiger partial charge is 0.461 e. The van der Waals surface area contributed by atoms with Crippen LogP contribution in [0.25, 0.3) is 10.9 Å². The third-order valence-electron chi connectivity index (χ3n) is 2.82. The zero-order valence-electron chi connectivity index (χ0n) is 8.93. The minimum absolute atomic E-state index is 0.363. The zero-order valence-corrected chi connectivity index (χ0v) is 8.93. The van der Waals surface area contributed by atoms with Crippen molar-refractivity contribution in [3.63, 3.8) is 0 Å². The lowest BCUT2D eigenvalue weighted by atomic mass is 10.0. The molecule has 1 aromatic heterocycles. The van der Waals surface area contributed by atoms with E-state index in [1.807, 2.05) is 6.07 Å². The first-order valence-electron chi connectivity index (χ1n) is 5.29. The molecule has 4 heteroatoms. The standard InChI is InChI=1S/C13H8N2O2/c14-7-8-1-2-11-10(5-8)6-9-3-4-17-13(16)12(9)15-11/h1-2,5-6H,3-4H2. The molecule has 2 aromatic rings. The molecule has 1 aliphatic heterocycles. The van der Waals surface area contributed by atoms with Crippen LogP contribution in [-0.2, 0) is 11.2 Å². The van der Waals surface area contributed by atoms with Crippen molar-refractivity contribution in [1.29, 1.82) is 5.26 Å². The van der Waals surface area contributed by atoms with Gasteiger partial charge < -0.3 is 4.74 Å². The number of fused-ring (bicyclic) bond motifs is 2. The quantitative estimate of drug-likeness (QED) is 0.640. The summed E-state index contributed by atoms with van der Waals surface area (Å²) in [6.07, 6.45) is 0.681. The smallest absolute Gasteiger partial charge is 0.357 e. The van der Waals surface area contributed by atoms with E-state index in [9.17, 15) is 4.79 Å². The number of nitriles is 1. The summed E-state index contributed by atoms with van der Waals surface area (Å²) in [5, 5.41) is 9.72. The van der Waals surface area contributed by atoms with Crippen molar-refractivity contribution in [2.75, 3.05) is 6.61 Å². The number of aromatic nitrogens is 1. The Labute approximate surface area is 97.5 Å². The molecule has 0 bridgehead atoms. The van der Waals surface area contributed by atoms with Gasteiger partial charge in [0.15, 0.2) is 5.69 Å². The van der Waals surface area contributed by atoms with Crippen LogP contribution in [-0.4, -0.2) is 17.6 Å². The van der Waals surface area contributed by atoms with Crippen molar-refractivity contribution in [2.24, 2.45) is 0 Å². The Morgan fingerprint density at radius 2 is 2.24 bits per heavy atom. The molecule has 0 saturated heterocycles. The second-order valence-corrected chi connectivity index (χ2v) is 3.90. The fraction of sp³-hybridized carbons (Fsp3) is 0.154. The Kier molecular flexibility index (Phi) is 2.05. The summed E-state index contributed by atoms with van der Waals surface area (Å²) in [6.45, 7) is 0.400. The number of carbonyl (C=O) groups is 1. The van der Waals surface area contributed by atoms with Gasteiger partial charge in [-0.25, -0.2) is 9.78 Å². The highest BCUT2D eigenvalue weighted by molar-refractivity contribution is 5.94. The minimum atomic E-state index is -0.363. The molecule has 0 unspecified atom stereocenters. The molecule has 0 amide bonds. The molecule has 0 radical (unpaired) electrons. The van der Waals surface area contributed by atoms with Crippen LogP contribution in [0.15, 0.2) is 24.3 Å². The summed E-state index contributed by atoms with van der Waals surface area (Å²) in [5.41, 5.74) is 2.59. The van der Waals surface area contributed by atoms with E-state index < -0.39 is 0 Å². The Morgan fingerprint density at radius 1 is 1.35 bits per heavy atom. The minimum Gasteiger partial charge on any atom is -0.461 e. The Morgan fingerprint density at radius 3 is 3.06 bits per heavy atom. The Balaban J connectivity index is 2.28. The van der Waals surface area contributed by atoms with E-state index in [1.165, 1.54) is 0 Å². The van der Waals surface area contributed by atoms with Gasteiger partial charge in [-0.15, -0.1) is 0 Å². The van der Waals surface area contributed by atoms with E-state index in [2.05, 4.69) is 11.1 Å². The van der Waals surface area contributed by atoms with Gasteiger partial charge in [-0.3, -0.25) is 0 Å².